The van der Waals surface area contributed by atoms with Crippen molar-refractivity contribution in [2.75, 3.05) is 24.1 Å². The lowest BCUT2D eigenvalue weighted by Gasteiger charge is -2.12. The van der Waals surface area contributed by atoms with Crippen molar-refractivity contribution in [3.63, 3.8) is 0 Å². The minimum absolute atomic E-state index is 0.0465. The first-order chi connectivity index (χ1) is 9.54. The lowest BCUT2D eigenvalue weighted by atomic mass is 10.1. The van der Waals surface area contributed by atoms with E-state index in [0.29, 0.717) is 31.2 Å². The van der Waals surface area contributed by atoms with E-state index in [1.807, 2.05) is 0 Å². The number of hydrogen-bond donors (Lipinski definition) is 3. The second-order valence-corrected chi connectivity index (χ2v) is 5.21. The van der Waals surface area contributed by atoms with Gasteiger partial charge in [0, 0.05) is 25.1 Å². The molecule has 1 aromatic heterocycles. The summed E-state index contributed by atoms with van der Waals surface area (Å²) in [5.41, 5.74) is 6.78. The molecule has 0 spiro atoms. The summed E-state index contributed by atoms with van der Waals surface area (Å²) >= 11 is 0. The zero-order chi connectivity index (χ0) is 15.0. The largest absolute Gasteiger partial charge is 0.383 e. The van der Waals surface area contributed by atoms with E-state index in [4.69, 9.17) is 5.73 Å². The highest BCUT2D eigenvalue weighted by atomic mass is 16.1. The van der Waals surface area contributed by atoms with Gasteiger partial charge < -0.3 is 16.4 Å². The van der Waals surface area contributed by atoms with Crippen LogP contribution in [0.1, 0.15) is 39.2 Å². The molecule has 0 aromatic carbocycles. The van der Waals surface area contributed by atoms with Gasteiger partial charge in [-0.05, 0) is 12.3 Å². The highest BCUT2D eigenvalue weighted by molar-refractivity contribution is 5.76. The average Bonchev–Trinajstić information content (AvgIpc) is 2.40. The van der Waals surface area contributed by atoms with Crippen LogP contribution in [0, 0.1) is 5.92 Å². The van der Waals surface area contributed by atoms with E-state index in [1.165, 1.54) is 6.33 Å². The molecular formula is C14H25N5O. The third kappa shape index (κ3) is 5.42. The Labute approximate surface area is 120 Å². The van der Waals surface area contributed by atoms with Crippen LogP contribution < -0.4 is 16.4 Å². The van der Waals surface area contributed by atoms with Gasteiger partial charge in [0.15, 0.2) is 0 Å². The van der Waals surface area contributed by atoms with Crippen molar-refractivity contribution in [1.29, 1.82) is 0 Å². The number of aromatic nitrogens is 2. The zero-order valence-corrected chi connectivity index (χ0v) is 12.6. The maximum atomic E-state index is 11.6. The molecule has 1 heterocycles. The lowest BCUT2D eigenvalue weighted by Crippen LogP contribution is -2.28. The lowest BCUT2D eigenvalue weighted by molar-refractivity contribution is -0.120. The summed E-state index contributed by atoms with van der Waals surface area (Å²) in [6.07, 6.45) is 3.66. The summed E-state index contributed by atoms with van der Waals surface area (Å²) in [5.74, 6) is 1.75. The van der Waals surface area contributed by atoms with Crippen molar-refractivity contribution in [1.82, 2.24) is 15.3 Å². The zero-order valence-electron chi connectivity index (χ0n) is 12.6. The Morgan fingerprint density at radius 1 is 1.40 bits per heavy atom. The molecule has 0 saturated heterocycles. The molecule has 0 unspecified atom stereocenters. The third-order valence-corrected chi connectivity index (χ3v) is 2.83. The van der Waals surface area contributed by atoms with Gasteiger partial charge in [0.1, 0.15) is 18.0 Å². The fraction of sp³-hybridized carbons (Fsp3) is 0.643. The number of amides is 1. The van der Waals surface area contributed by atoms with E-state index < -0.39 is 0 Å². The third-order valence-electron chi connectivity index (χ3n) is 2.83. The molecule has 0 bridgehead atoms. The van der Waals surface area contributed by atoms with Gasteiger partial charge >= 0.3 is 0 Å². The maximum Gasteiger partial charge on any atom is 0.221 e. The highest BCUT2D eigenvalue weighted by Gasteiger charge is 2.08. The van der Waals surface area contributed by atoms with Crippen molar-refractivity contribution in [3.8, 4) is 0 Å². The monoisotopic (exact) mass is 279 g/mol. The molecule has 4 N–H and O–H groups in total. The Kier molecular flexibility index (Phi) is 6.76. The van der Waals surface area contributed by atoms with Gasteiger partial charge in [-0.15, -0.1) is 0 Å². The predicted molar refractivity (Wildman–Crippen MR) is 81.4 cm³/mol. The van der Waals surface area contributed by atoms with E-state index in [9.17, 15) is 4.79 Å². The second-order valence-electron chi connectivity index (χ2n) is 5.21. The Morgan fingerprint density at radius 3 is 2.80 bits per heavy atom. The first kappa shape index (κ1) is 16.2. The highest BCUT2D eigenvalue weighted by Crippen LogP contribution is 2.18. The van der Waals surface area contributed by atoms with Crippen molar-refractivity contribution in [2.45, 2.75) is 40.0 Å². The topological polar surface area (TPSA) is 92.9 Å². The summed E-state index contributed by atoms with van der Waals surface area (Å²) in [6.45, 7) is 7.46. The number of carbonyl (C=O) groups is 1. The Hall–Kier alpha value is -1.85. The van der Waals surface area contributed by atoms with Crippen molar-refractivity contribution < 1.29 is 4.79 Å². The quantitative estimate of drug-likeness (QED) is 0.672. The van der Waals surface area contributed by atoms with E-state index in [-0.39, 0.29) is 5.91 Å². The second kappa shape index (κ2) is 8.35. The number of nitrogens with two attached hydrogens (primary N) is 1. The van der Waals surface area contributed by atoms with Crippen LogP contribution in [0.25, 0.3) is 0 Å². The fourth-order valence-electron chi connectivity index (χ4n) is 1.78. The Balaban J connectivity index is 2.45. The molecule has 0 aliphatic carbocycles. The van der Waals surface area contributed by atoms with Gasteiger partial charge in [0.2, 0.25) is 5.91 Å². The maximum absolute atomic E-state index is 11.6. The number of anilines is 2. The molecule has 1 aromatic rings. The first-order valence-electron chi connectivity index (χ1n) is 7.14. The Bertz CT molecular complexity index is 434. The van der Waals surface area contributed by atoms with E-state index in [1.54, 1.807) is 0 Å². The first-order valence-corrected chi connectivity index (χ1v) is 7.14. The predicted octanol–water partition coefficient (Wildman–Crippen LogP) is 1.59. The van der Waals surface area contributed by atoms with Crippen LogP contribution in [-0.2, 0) is 11.2 Å². The number of carbonyl (C=O) groups excluding carboxylic acids is 1. The van der Waals surface area contributed by atoms with Gasteiger partial charge in [-0.2, -0.15) is 0 Å². The Morgan fingerprint density at radius 2 is 2.15 bits per heavy atom. The molecule has 0 radical (unpaired) electrons. The molecule has 6 heteroatoms. The molecule has 0 saturated carbocycles. The van der Waals surface area contributed by atoms with Crippen LogP contribution >= 0.6 is 0 Å². The van der Waals surface area contributed by atoms with Crippen LogP contribution in [0.15, 0.2) is 6.33 Å². The van der Waals surface area contributed by atoms with E-state index in [2.05, 4.69) is 41.4 Å². The van der Waals surface area contributed by atoms with Crippen molar-refractivity contribution >= 4 is 17.5 Å². The van der Waals surface area contributed by atoms with E-state index in [0.717, 1.165) is 24.2 Å². The number of nitrogens with one attached hydrogen (secondary N) is 2. The van der Waals surface area contributed by atoms with Crippen molar-refractivity contribution in [2.24, 2.45) is 5.92 Å². The van der Waals surface area contributed by atoms with Gasteiger partial charge in [-0.25, -0.2) is 9.97 Å². The molecule has 0 atom stereocenters. The number of nitrogens with zero attached hydrogens (tertiary/aromatic N) is 2. The smallest absolute Gasteiger partial charge is 0.221 e. The van der Waals surface area contributed by atoms with E-state index >= 15 is 0 Å². The van der Waals surface area contributed by atoms with Gasteiger partial charge in [-0.1, -0.05) is 27.2 Å². The average molecular weight is 279 g/mol. The minimum Gasteiger partial charge on any atom is -0.383 e. The molecule has 20 heavy (non-hydrogen) atoms. The van der Waals surface area contributed by atoms with Crippen molar-refractivity contribution in [3.05, 3.63) is 11.9 Å². The molecule has 0 aliphatic heterocycles. The molecule has 112 valence electrons. The van der Waals surface area contributed by atoms with Gasteiger partial charge in [0.05, 0.1) is 0 Å². The van der Waals surface area contributed by atoms with Crippen LogP contribution in [-0.4, -0.2) is 29.0 Å². The minimum atomic E-state index is 0.0465. The summed E-state index contributed by atoms with van der Waals surface area (Å²) in [7, 11) is 0. The van der Waals surface area contributed by atoms with Crippen LogP contribution in [0.2, 0.25) is 0 Å². The normalized spacial score (nSPS) is 10.6. The van der Waals surface area contributed by atoms with Crippen LogP contribution in [0.3, 0.4) is 0 Å². The molecular weight excluding hydrogens is 254 g/mol. The van der Waals surface area contributed by atoms with Crippen LogP contribution in [0.5, 0.6) is 0 Å². The molecule has 0 aliphatic rings. The summed E-state index contributed by atoms with van der Waals surface area (Å²) in [4.78, 5) is 19.8. The van der Waals surface area contributed by atoms with Gasteiger partial charge in [-0.3, -0.25) is 4.79 Å². The fourth-order valence-corrected chi connectivity index (χ4v) is 1.78. The number of nitrogen functional groups attached to an aromatic ring is 1. The standard InChI is InChI=1S/C14H25N5O/c1-4-5-11-13(15)18-9-19-14(11)16-7-6-12(20)17-8-10(2)3/h9-10H,4-8H2,1-3H3,(H,17,20)(H3,15,16,18,19). The SMILES string of the molecule is CCCc1c(N)ncnc1NCCC(=O)NCC(C)C. The summed E-state index contributed by atoms with van der Waals surface area (Å²) in [5, 5.41) is 6.05. The van der Waals surface area contributed by atoms with Gasteiger partial charge in [0.25, 0.3) is 0 Å². The molecule has 0 fully saturated rings. The van der Waals surface area contributed by atoms with Crippen LogP contribution in [0.4, 0.5) is 11.6 Å². The molecule has 1 amide bonds. The molecule has 1 rings (SSSR count). The number of hydrogen-bond acceptors (Lipinski definition) is 5. The molecule has 6 nitrogen and oxygen atoms in total. The summed E-state index contributed by atoms with van der Waals surface area (Å²) < 4.78 is 0. The summed E-state index contributed by atoms with van der Waals surface area (Å²) in [6, 6.07) is 0. The number of rotatable bonds is 8.